The average Bonchev–Trinajstić information content (AvgIpc) is 2.71. The summed E-state index contributed by atoms with van der Waals surface area (Å²) in [4.78, 5) is 36.5. The van der Waals surface area contributed by atoms with E-state index in [1.54, 1.807) is 26.0 Å². The molecule has 1 heterocycles. The van der Waals surface area contributed by atoms with E-state index >= 15 is 0 Å². The van der Waals surface area contributed by atoms with E-state index < -0.39 is 17.5 Å². The molecule has 0 aliphatic rings. The third-order valence-corrected chi connectivity index (χ3v) is 4.82. The third-order valence-electron chi connectivity index (χ3n) is 4.82. The zero-order chi connectivity index (χ0) is 23.4. The zero-order valence-corrected chi connectivity index (χ0v) is 18.9. The standard InChI is InChI=1S/C25H27NO6/c1-14(2)20-9-8-18(10-16(20)5)30-13-23(27)31-19-7-6-17-11-21(24(28)26-15(3)4)25(29)32-22(17)12-19/h6-12,14-15H,13H2,1-5H3,(H,26,28). The van der Waals surface area contributed by atoms with E-state index in [1.807, 2.05) is 25.1 Å². The van der Waals surface area contributed by atoms with Gasteiger partial charge in [0, 0.05) is 17.5 Å². The number of carbonyl (C=O) groups is 2. The van der Waals surface area contributed by atoms with Crippen molar-refractivity contribution in [3.63, 3.8) is 0 Å². The van der Waals surface area contributed by atoms with E-state index in [4.69, 9.17) is 13.9 Å². The summed E-state index contributed by atoms with van der Waals surface area (Å²) < 4.78 is 16.1. The molecule has 0 saturated heterocycles. The van der Waals surface area contributed by atoms with Gasteiger partial charge in [0.2, 0.25) is 0 Å². The van der Waals surface area contributed by atoms with Crippen molar-refractivity contribution in [1.82, 2.24) is 5.32 Å². The number of nitrogens with one attached hydrogen (secondary N) is 1. The molecule has 32 heavy (non-hydrogen) atoms. The van der Waals surface area contributed by atoms with Crippen molar-refractivity contribution in [3.05, 3.63) is 69.6 Å². The Labute approximate surface area is 186 Å². The number of aryl methyl sites for hydroxylation is 1. The van der Waals surface area contributed by atoms with Crippen LogP contribution in [0.25, 0.3) is 11.0 Å². The predicted molar refractivity (Wildman–Crippen MR) is 121 cm³/mol. The highest BCUT2D eigenvalue weighted by Crippen LogP contribution is 2.24. The molecule has 3 rings (SSSR count). The second kappa shape index (κ2) is 9.68. The number of carbonyl (C=O) groups excluding carboxylic acids is 2. The number of hydrogen-bond donors (Lipinski definition) is 1. The van der Waals surface area contributed by atoms with E-state index in [2.05, 4.69) is 19.2 Å². The molecule has 168 valence electrons. The molecule has 2 aromatic carbocycles. The van der Waals surface area contributed by atoms with Crippen LogP contribution in [0.1, 0.15) is 55.1 Å². The number of ether oxygens (including phenoxy) is 2. The number of esters is 1. The summed E-state index contributed by atoms with van der Waals surface area (Å²) in [6.07, 6.45) is 0. The summed E-state index contributed by atoms with van der Waals surface area (Å²) in [7, 11) is 0. The molecule has 3 aromatic rings. The molecule has 0 atom stereocenters. The van der Waals surface area contributed by atoms with Gasteiger partial charge in [-0.2, -0.15) is 0 Å². The predicted octanol–water partition coefficient (Wildman–Crippen LogP) is 4.35. The SMILES string of the molecule is Cc1cc(OCC(=O)Oc2ccc3cc(C(=O)NC(C)C)c(=O)oc3c2)ccc1C(C)C. The van der Waals surface area contributed by atoms with Gasteiger partial charge in [0.1, 0.15) is 22.6 Å². The average molecular weight is 437 g/mol. The van der Waals surface area contributed by atoms with Crippen LogP contribution in [0.5, 0.6) is 11.5 Å². The largest absolute Gasteiger partial charge is 0.482 e. The lowest BCUT2D eigenvalue weighted by Gasteiger charge is -2.12. The molecule has 0 radical (unpaired) electrons. The van der Waals surface area contributed by atoms with Crippen LogP contribution < -0.4 is 20.4 Å². The van der Waals surface area contributed by atoms with Crippen LogP contribution in [0.4, 0.5) is 0 Å². The fourth-order valence-corrected chi connectivity index (χ4v) is 3.34. The van der Waals surface area contributed by atoms with Gasteiger partial charge in [0.25, 0.3) is 5.91 Å². The number of hydrogen-bond acceptors (Lipinski definition) is 6. The van der Waals surface area contributed by atoms with Crippen LogP contribution in [0.3, 0.4) is 0 Å². The quantitative estimate of drug-likeness (QED) is 0.336. The molecule has 7 nitrogen and oxygen atoms in total. The second-order valence-corrected chi connectivity index (χ2v) is 8.21. The maximum atomic E-state index is 12.2. The molecule has 0 aliphatic heterocycles. The van der Waals surface area contributed by atoms with Crippen molar-refractivity contribution in [2.24, 2.45) is 0 Å². The van der Waals surface area contributed by atoms with Crippen LogP contribution in [0.15, 0.2) is 51.7 Å². The van der Waals surface area contributed by atoms with Crippen molar-refractivity contribution < 1.29 is 23.5 Å². The van der Waals surface area contributed by atoms with Gasteiger partial charge < -0.3 is 19.2 Å². The topological polar surface area (TPSA) is 94.8 Å². The van der Waals surface area contributed by atoms with Crippen molar-refractivity contribution in [2.45, 2.75) is 46.6 Å². The maximum absolute atomic E-state index is 12.2. The summed E-state index contributed by atoms with van der Waals surface area (Å²) in [5.74, 6) is 0.105. The Balaban J connectivity index is 1.68. The Bertz CT molecular complexity index is 1210. The summed E-state index contributed by atoms with van der Waals surface area (Å²) in [6, 6.07) is 11.7. The number of benzene rings is 2. The third kappa shape index (κ3) is 5.55. The van der Waals surface area contributed by atoms with Crippen molar-refractivity contribution in [1.29, 1.82) is 0 Å². The van der Waals surface area contributed by atoms with Gasteiger partial charge in [0.05, 0.1) is 0 Å². The van der Waals surface area contributed by atoms with Gasteiger partial charge in [-0.1, -0.05) is 19.9 Å². The smallest absolute Gasteiger partial charge is 0.349 e. The first-order valence-corrected chi connectivity index (χ1v) is 10.5. The molecule has 7 heteroatoms. The second-order valence-electron chi connectivity index (χ2n) is 8.21. The highest BCUT2D eigenvalue weighted by atomic mass is 16.6. The molecular formula is C25H27NO6. The number of rotatable bonds is 7. The highest BCUT2D eigenvalue weighted by molar-refractivity contribution is 5.96. The van der Waals surface area contributed by atoms with Crippen LogP contribution in [-0.2, 0) is 4.79 Å². The first kappa shape index (κ1) is 23.1. The van der Waals surface area contributed by atoms with Gasteiger partial charge in [0.15, 0.2) is 6.61 Å². The zero-order valence-electron chi connectivity index (χ0n) is 18.9. The highest BCUT2D eigenvalue weighted by Gasteiger charge is 2.15. The maximum Gasteiger partial charge on any atom is 0.349 e. The normalized spacial score (nSPS) is 11.1. The van der Waals surface area contributed by atoms with Crippen molar-refractivity contribution in [2.75, 3.05) is 6.61 Å². The van der Waals surface area contributed by atoms with Crippen LogP contribution in [0, 0.1) is 6.92 Å². The lowest BCUT2D eigenvalue weighted by molar-refractivity contribution is -0.136. The van der Waals surface area contributed by atoms with Gasteiger partial charge in [-0.15, -0.1) is 0 Å². The van der Waals surface area contributed by atoms with E-state index in [1.165, 1.54) is 17.7 Å². The van der Waals surface area contributed by atoms with Crippen LogP contribution in [-0.4, -0.2) is 24.5 Å². The van der Waals surface area contributed by atoms with E-state index in [-0.39, 0.29) is 29.5 Å². The fraction of sp³-hybridized carbons (Fsp3) is 0.320. The lowest BCUT2D eigenvalue weighted by atomic mass is 9.98. The van der Waals surface area contributed by atoms with Crippen LogP contribution in [0.2, 0.25) is 0 Å². The van der Waals surface area contributed by atoms with Crippen LogP contribution >= 0.6 is 0 Å². The van der Waals surface area contributed by atoms with Gasteiger partial charge in [-0.3, -0.25) is 4.79 Å². The van der Waals surface area contributed by atoms with Gasteiger partial charge in [-0.25, -0.2) is 9.59 Å². The summed E-state index contributed by atoms with van der Waals surface area (Å²) in [5.41, 5.74) is 1.69. The minimum atomic E-state index is -0.761. The number of fused-ring (bicyclic) bond motifs is 1. The first-order chi connectivity index (χ1) is 15.1. The summed E-state index contributed by atoms with van der Waals surface area (Å²) in [6.45, 7) is 9.57. The van der Waals surface area contributed by atoms with Crippen molar-refractivity contribution in [3.8, 4) is 11.5 Å². The molecule has 1 aromatic heterocycles. The Hall–Kier alpha value is -3.61. The molecule has 0 aliphatic carbocycles. The molecule has 0 unspecified atom stereocenters. The van der Waals surface area contributed by atoms with E-state index in [9.17, 15) is 14.4 Å². The Morgan fingerprint density at radius 3 is 2.38 bits per heavy atom. The lowest BCUT2D eigenvalue weighted by Crippen LogP contribution is -2.33. The fourth-order valence-electron chi connectivity index (χ4n) is 3.34. The van der Waals surface area contributed by atoms with Crippen molar-refractivity contribution >= 4 is 22.8 Å². The van der Waals surface area contributed by atoms with Gasteiger partial charge in [-0.05, 0) is 68.1 Å². The number of amides is 1. The molecule has 0 saturated carbocycles. The minimum Gasteiger partial charge on any atom is -0.482 e. The summed E-state index contributed by atoms with van der Waals surface area (Å²) in [5, 5.41) is 3.20. The first-order valence-electron chi connectivity index (χ1n) is 10.5. The molecule has 1 amide bonds. The Morgan fingerprint density at radius 2 is 1.72 bits per heavy atom. The molecule has 0 spiro atoms. The molecule has 0 fully saturated rings. The molecule has 1 N–H and O–H groups in total. The van der Waals surface area contributed by atoms with E-state index in [0.29, 0.717) is 17.1 Å². The monoisotopic (exact) mass is 437 g/mol. The summed E-state index contributed by atoms with van der Waals surface area (Å²) >= 11 is 0. The van der Waals surface area contributed by atoms with E-state index in [0.717, 1.165) is 5.56 Å². The van der Waals surface area contributed by atoms with Gasteiger partial charge >= 0.3 is 11.6 Å². The molecule has 0 bridgehead atoms. The molecular weight excluding hydrogens is 410 g/mol. The Morgan fingerprint density at radius 1 is 1.00 bits per heavy atom. The minimum absolute atomic E-state index is 0.0804. The Kier molecular flexibility index (Phi) is 6.98.